The maximum atomic E-state index is 5.10. The van der Waals surface area contributed by atoms with Crippen molar-refractivity contribution >= 4 is 23.5 Å². The van der Waals surface area contributed by atoms with Gasteiger partial charge in [0.05, 0.1) is 6.21 Å². The van der Waals surface area contributed by atoms with Gasteiger partial charge >= 0.3 is 0 Å². The summed E-state index contributed by atoms with van der Waals surface area (Å²) in [6.07, 6.45) is 3.53. The average molecular weight is 326 g/mol. The fourth-order valence-electron chi connectivity index (χ4n) is 2.37. The summed E-state index contributed by atoms with van der Waals surface area (Å²) in [5, 5.41) is 7.64. The minimum atomic E-state index is 0.480. The van der Waals surface area contributed by atoms with Crippen molar-refractivity contribution in [2.75, 3.05) is 6.54 Å². The third kappa shape index (κ3) is 4.29. The van der Waals surface area contributed by atoms with Crippen LogP contribution in [0.4, 0.5) is 0 Å². The van der Waals surface area contributed by atoms with Gasteiger partial charge in [-0.25, -0.2) is 0 Å². The SMILES string of the molecule is C=CCNC(=S)N/N=C\c1cc(C)n(-c2ccc(C)cc2)c1C. The van der Waals surface area contributed by atoms with Crippen LogP contribution in [0.2, 0.25) is 0 Å². The van der Waals surface area contributed by atoms with Crippen molar-refractivity contribution in [1.29, 1.82) is 0 Å². The van der Waals surface area contributed by atoms with E-state index in [1.807, 2.05) is 0 Å². The zero-order chi connectivity index (χ0) is 16.8. The van der Waals surface area contributed by atoms with Crippen LogP contribution in [-0.2, 0) is 0 Å². The number of aromatic nitrogens is 1. The first-order valence-corrected chi connectivity index (χ1v) is 7.87. The van der Waals surface area contributed by atoms with Crippen molar-refractivity contribution in [3.05, 3.63) is 65.5 Å². The quantitative estimate of drug-likeness (QED) is 0.383. The van der Waals surface area contributed by atoms with Crippen molar-refractivity contribution in [3.63, 3.8) is 0 Å². The molecule has 23 heavy (non-hydrogen) atoms. The zero-order valence-electron chi connectivity index (χ0n) is 13.8. The first kappa shape index (κ1) is 17.0. The third-order valence-electron chi connectivity index (χ3n) is 3.54. The Morgan fingerprint density at radius 2 is 1.96 bits per heavy atom. The van der Waals surface area contributed by atoms with Crippen LogP contribution in [0.15, 0.2) is 48.1 Å². The number of nitrogens with one attached hydrogen (secondary N) is 2. The number of hydrogen-bond acceptors (Lipinski definition) is 2. The molecule has 2 aromatic rings. The summed E-state index contributed by atoms with van der Waals surface area (Å²) in [6, 6.07) is 10.6. The Hall–Kier alpha value is -2.40. The summed E-state index contributed by atoms with van der Waals surface area (Å²) in [5.74, 6) is 0. The average Bonchev–Trinajstić information content (AvgIpc) is 2.81. The number of rotatable bonds is 5. The van der Waals surface area contributed by atoms with Crippen LogP contribution in [0.3, 0.4) is 0 Å². The second-order valence-corrected chi connectivity index (χ2v) is 5.77. The lowest BCUT2D eigenvalue weighted by Crippen LogP contribution is -2.31. The van der Waals surface area contributed by atoms with E-state index in [2.05, 4.69) is 78.1 Å². The lowest BCUT2D eigenvalue weighted by atomic mass is 10.2. The number of hydrogen-bond donors (Lipinski definition) is 2. The highest BCUT2D eigenvalue weighted by atomic mass is 32.1. The second-order valence-electron chi connectivity index (χ2n) is 5.37. The van der Waals surface area contributed by atoms with E-state index < -0.39 is 0 Å². The van der Waals surface area contributed by atoms with Crippen LogP contribution >= 0.6 is 12.2 Å². The van der Waals surface area contributed by atoms with E-state index in [4.69, 9.17) is 12.2 Å². The molecule has 0 aliphatic carbocycles. The molecule has 0 radical (unpaired) electrons. The van der Waals surface area contributed by atoms with Gasteiger partial charge in [0.1, 0.15) is 0 Å². The highest BCUT2D eigenvalue weighted by molar-refractivity contribution is 7.80. The van der Waals surface area contributed by atoms with E-state index in [9.17, 15) is 0 Å². The topological polar surface area (TPSA) is 41.4 Å². The molecule has 4 nitrogen and oxygen atoms in total. The standard InChI is InChI=1S/C18H22N4S/c1-5-10-19-18(23)21-20-12-16-11-14(3)22(15(16)4)17-8-6-13(2)7-9-17/h5-9,11-12H,1,10H2,2-4H3,(H2,19,21,23)/b20-12-. The molecule has 0 amide bonds. The fraction of sp³-hybridized carbons (Fsp3) is 0.222. The summed E-state index contributed by atoms with van der Waals surface area (Å²) in [6.45, 7) is 10.5. The lowest BCUT2D eigenvalue weighted by molar-refractivity contribution is 0.940. The molecule has 0 aliphatic heterocycles. The zero-order valence-corrected chi connectivity index (χ0v) is 14.6. The normalized spacial score (nSPS) is 10.7. The molecule has 1 heterocycles. The molecule has 1 aromatic heterocycles. The minimum absolute atomic E-state index is 0.480. The van der Waals surface area contributed by atoms with Gasteiger partial charge in [-0.2, -0.15) is 5.10 Å². The minimum Gasteiger partial charge on any atom is -0.358 e. The van der Waals surface area contributed by atoms with Crippen molar-refractivity contribution in [3.8, 4) is 5.69 Å². The molecular weight excluding hydrogens is 304 g/mol. The molecule has 0 saturated carbocycles. The van der Waals surface area contributed by atoms with Crippen LogP contribution in [0.5, 0.6) is 0 Å². The largest absolute Gasteiger partial charge is 0.358 e. The summed E-state index contributed by atoms with van der Waals surface area (Å²) in [4.78, 5) is 0. The van der Waals surface area contributed by atoms with Crippen LogP contribution in [-0.4, -0.2) is 22.4 Å². The molecule has 0 atom stereocenters. The molecule has 0 unspecified atom stereocenters. The van der Waals surface area contributed by atoms with Gasteiger partial charge in [-0.15, -0.1) is 6.58 Å². The van der Waals surface area contributed by atoms with E-state index in [1.54, 1.807) is 12.3 Å². The van der Waals surface area contributed by atoms with Crippen LogP contribution in [0.1, 0.15) is 22.5 Å². The van der Waals surface area contributed by atoms with Crippen LogP contribution < -0.4 is 10.7 Å². The fourth-order valence-corrected chi connectivity index (χ4v) is 2.51. The van der Waals surface area contributed by atoms with Crippen LogP contribution in [0, 0.1) is 20.8 Å². The van der Waals surface area contributed by atoms with Crippen molar-refractivity contribution in [1.82, 2.24) is 15.3 Å². The monoisotopic (exact) mass is 326 g/mol. The summed E-state index contributed by atoms with van der Waals surface area (Å²) < 4.78 is 2.22. The number of aryl methyl sites for hydroxylation is 2. The van der Waals surface area contributed by atoms with Gasteiger partial charge < -0.3 is 9.88 Å². The van der Waals surface area contributed by atoms with Gasteiger partial charge in [0.2, 0.25) is 0 Å². The second kappa shape index (κ2) is 7.74. The first-order valence-electron chi connectivity index (χ1n) is 7.46. The van der Waals surface area contributed by atoms with E-state index >= 15 is 0 Å². The molecule has 120 valence electrons. The predicted molar refractivity (Wildman–Crippen MR) is 102 cm³/mol. The highest BCUT2D eigenvalue weighted by Gasteiger charge is 2.09. The van der Waals surface area contributed by atoms with Gasteiger partial charge in [-0.05, 0) is 51.2 Å². The number of thiocarbonyl (C=S) groups is 1. The molecule has 0 fully saturated rings. The van der Waals surface area contributed by atoms with Crippen molar-refractivity contribution in [2.24, 2.45) is 5.10 Å². The Kier molecular flexibility index (Phi) is 5.71. The third-order valence-corrected chi connectivity index (χ3v) is 3.77. The summed E-state index contributed by atoms with van der Waals surface area (Å²) >= 11 is 5.10. The van der Waals surface area contributed by atoms with Crippen molar-refractivity contribution in [2.45, 2.75) is 20.8 Å². The van der Waals surface area contributed by atoms with E-state index in [-0.39, 0.29) is 0 Å². The highest BCUT2D eigenvalue weighted by Crippen LogP contribution is 2.20. The predicted octanol–water partition coefficient (Wildman–Crippen LogP) is 3.39. The molecule has 5 heteroatoms. The van der Waals surface area contributed by atoms with E-state index in [0.29, 0.717) is 11.7 Å². The first-order chi connectivity index (χ1) is 11.0. The van der Waals surface area contributed by atoms with Gasteiger partial charge in [0.25, 0.3) is 0 Å². The lowest BCUT2D eigenvalue weighted by Gasteiger charge is -2.09. The molecule has 1 aromatic carbocycles. The smallest absolute Gasteiger partial charge is 0.187 e. The summed E-state index contributed by atoms with van der Waals surface area (Å²) in [7, 11) is 0. The molecule has 0 saturated heterocycles. The van der Waals surface area contributed by atoms with Gasteiger partial charge in [-0.3, -0.25) is 5.43 Å². The van der Waals surface area contributed by atoms with Gasteiger partial charge in [0, 0.05) is 29.2 Å². The Bertz CT molecular complexity index is 726. The molecule has 0 spiro atoms. The molecule has 2 N–H and O–H groups in total. The van der Waals surface area contributed by atoms with E-state index in [1.165, 1.54) is 11.3 Å². The summed E-state index contributed by atoms with van der Waals surface area (Å²) in [5.41, 5.74) is 8.57. The molecule has 0 bridgehead atoms. The maximum Gasteiger partial charge on any atom is 0.187 e. The van der Waals surface area contributed by atoms with E-state index in [0.717, 1.165) is 16.9 Å². The molecular formula is C18H22N4S. The number of nitrogens with zero attached hydrogens (tertiary/aromatic N) is 2. The maximum absolute atomic E-state index is 5.10. The molecule has 2 rings (SSSR count). The van der Waals surface area contributed by atoms with Gasteiger partial charge in [-0.1, -0.05) is 23.8 Å². The Morgan fingerprint density at radius 3 is 2.61 bits per heavy atom. The molecule has 0 aliphatic rings. The van der Waals surface area contributed by atoms with Gasteiger partial charge in [0.15, 0.2) is 5.11 Å². The van der Waals surface area contributed by atoms with Crippen LogP contribution in [0.25, 0.3) is 5.69 Å². The van der Waals surface area contributed by atoms with Crippen molar-refractivity contribution < 1.29 is 0 Å². The number of hydrazone groups is 1. The Morgan fingerprint density at radius 1 is 1.26 bits per heavy atom. The number of benzene rings is 1. The Balaban J connectivity index is 2.16. The Labute approximate surface area is 142 Å².